The number of furan rings is 1. The van der Waals surface area contributed by atoms with Gasteiger partial charge in [0, 0.05) is 31.1 Å². The molecular formula is C13H16N2O2. The first kappa shape index (κ1) is 11.6. The number of hydrogen-bond acceptors (Lipinski definition) is 3. The van der Waals surface area contributed by atoms with E-state index in [1.54, 1.807) is 12.5 Å². The summed E-state index contributed by atoms with van der Waals surface area (Å²) in [5.74, 6) is 0.186. The number of aryl methyl sites for hydroxylation is 2. The van der Waals surface area contributed by atoms with E-state index >= 15 is 0 Å². The van der Waals surface area contributed by atoms with Crippen molar-refractivity contribution in [2.75, 3.05) is 0 Å². The highest BCUT2D eigenvalue weighted by Gasteiger charge is 2.14. The fraction of sp³-hybridized carbons (Fsp3) is 0.385. The van der Waals surface area contributed by atoms with Crippen molar-refractivity contribution in [3.8, 4) is 0 Å². The lowest BCUT2D eigenvalue weighted by molar-refractivity contribution is -0.117. The van der Waals surface area contributed by atoms with Crippen LogP contribution >= 0.6 is 0 Å². The molecule has 4 heteroatoms. The van der Waals surface area contributed by atoms with Crippen LogP contribution in [0, 0.1) is 13.8 Å². The van der Waals surface area contributed by atoms with Crippen LogP contribution in [-0.4, -0.2) is 15.6 Å². The highest BCUT2D eigenvalue weighted by atomic mass is 16.3. The van der Waals surface area contributed by atoms with Crippen LogP contribution in [0.1, 0.15) is 22.5 Å². The van der Waals surface area contributed by atoms with E-state index in [2.05, 4.69) is 5.10 Å². The van der Waals surface area contributed by atoms with Crippen LogP contribution in [0.3, 0.4) is 0 Å². The van der Waals surface area contributed by atoms with Gasteiger partial charge in [-0.1, -0.05) is 0 Å². The number of carbonyl (C=O) groups excluding carboxylic acids is 1. The van der Waals surface area contributed by atoms with Crippen LogP contribution < -0.4 is 0 Å². The number of nitrogens with zero attached hydrogens (tertiary/aromatic N) is 2. The summed E-state index contributed by atoms with van der Waals surface area (Å²) in [6.45, 7) is 3.92. The average Bonchev–Trinajstić information content (AvgIpc) is 2.83. The zero-order valence-electron chi connectivity index (χ0n) is 10.4. The zero-order valence-corrected chi connectivity index (χ0v) is 10.4. The topological polar surface area (TPSA) is 48.0 Å². The van der Waals surface area contributed by atoms with Crippen molar-refractivity contribution in [3.05, 3.63) is 41.1 Å². The predicted molar refractivity (Wildman–Crippen MR) is 63.8 cm³/mol. The van der Waals surface area contributed by atoms with Gasteiger partial charge in [-0.15, -0.1) is 0 Å². The fourth-order valence-electron chi connectivity index (χ4n) is 1.95. The van der Waals surface area contributed by atoms with Gasteiger partial charge in [0.2, 0.25) is 0 Å². The molecule has 2 aromatic heterocycles. The zero-order chi connectivity index (χ0) is 12.4. The molecule has 0 N–H and O–H groups in total. The molecular weight excluding hydrogens is 216 g/mol. The first-order valence-electron chi connectivity index (χ1n) is 5.59. The molecule has 2 aromatic rings. The monoisotopic (exact) mass is 232 g/mol. The number of aromatic nitrogens is 2. The van der Waals surface area contributed by atoms with Gasteiger partial charge in [-0.2, -0.15) is 5.10 Å². The smallest absolute Gasteiger partial charge is 0.141 e. The summed E-state index contributed by atoms with van der Waals surface area (Å²) in [5.41, 5.74) is 3.96. The maximum absolute atomic E-state index is 11.9. The highest BCUT2D eigenvalue weighted by molar-refractivity contribution is 5.83. The minimum absolute atomic E-state index is 0.186. The number of hydrogen-bond donors (Lipinski definition) is 0. The summed E-state index contributed by atoms with van der Waals surface area (Å²) in [6, 6.07) is 1.82. The van der Waals surface area contributed by atoms with Gasteiger partial charge in [-0.3, -0.25) is 9.48 Å². The lowest BCUT2D eigenvalue weighted by atomic mass is 10.0. The van der Waals surface area contributed by atoms with Gasteiger partial charge in [0.15, 0.2) is 0 Å². The van der Waals surface area contributed by atoms with Crippen LogP contribution in [0.2, 0.25) is 0 Å². The first-order chi connectivity index (χ1) is 8.08. The Bertz CT molecular complexity index is 524. The van der Waals surface area contributed by atoms with E-state index in [1.165, 1.54) is 0 Å². The van der Waals surface area contributed by atoms with Gasteiger partial charge < -0.3 is 4.42 Å². The molecule has 0 spiro atoms. The maximum atomic E-state index is 11.9. The van der Waals surface area contributed by atoms with Crippen LogP contribution in [0.15, 0.2) is 23.0 Å². The van der Waals surface area contributed by atoms with Crippen LogP contribution in [0.25, 0.3) is 0 Å². The Morgan fingerprint density at radius 3 is 2.71 bits per heavy atom. The summed E-state index contributed by atoms with van der Waals surface area (Å²) in [7, 11) is 1.90. The molecule has 0 bridgehead atoms. The van der Waals surface area contributed by atoms with E-state index in [4.69, 9.17) is 4.42 Å². The molecule has 0 saturated carbocycles. The second kappa shape index (κ2) is 4.57. The van der Waals surface area contributed by atoms with Gasteiger partial charge in [0.25, 0.3) is 0 Å². The Labute approximate surface area is 100 Å². The summed E-state index contributed by atoms with van der Waals surface area (Å²) in [5, 5.41) is 4.31. The predicted octanol–water partition coefficient (Wildman–Crippen LogP) is 1.98. The van der Waals surface area contributed by atoms with E-state index in [0.717, 1.165) is 22.5 Å². The standard InChI is InChI=1S/C13H16N2O2/c1-9-13(10(2)15(3)14-9)7-12(16)6-11-4-5-17-8-11/h4-5,8H,6-7H2,1-3H3. The minimum Gasteiger partial charge on any atom is -0.472 e. The van der Waals surface area contributed by atoms with E-state index in [0.29, 0.717) is 12.8 Å². The van der Waals surface area contributed by atoms with Crippen molar-refractivity contribution in [2.24, 2.45) is 7.05 Å². The normalized spacial score (nSPS) is 10.8. The SMILES string of the molecule is Cc1nn(C)c(C)c1CC(=O)Cc1ccoc1. The summed E-state index contributed by atoms with van der Waals surface area (Å²) >= 11 is 0. The lowest BCUT2D eigenvalue weighted by Crippen LogP contribution is -2.07. The molecule has 0 aliphatic carbocycles. The molecule has 0 radical (unpaired) electrons. The third-order valence-electron chi connectivity index (χ3n) is 3.01. The number of Topliss-reactive ketones (excluding diaryl/α,β-unsaturated/α-hetero) is 1. The molecule has 0 amide bonds. The van der Waals surface area contributed by atoms with E-state index < -0.39 is 0 Å². The van der Waals surface area contributed by atoms with Gasteiger partial charge in [-0.05, 0) is 25.5 Å². The van der Waals surface area contributed by atoms with Crippen molar-refractivity contribution in [2.45, 2.75) is 26.7 Å². The molecule has 0 fully saturated rings. The Kier molecular flexibility index (Phi) is 3.13. The van der Waals surface area contributed by atoms with Gasteiger partial charge in [0.1, 0.15) is 5.78 Å². The largest absolute Gasteiger partial charge is 0.472 e. The van der Waals surface area contributed by atoms with Crippen molar-refractivity contribution in [3.63, 3.8) is 0 Å². The Morgan fingerprint density at radius 2 is 2.18 bits per heavy atom. The highest BCUT2D eigenvalue weighted by Crippen LogP contribution is 2.14. The van der Waals surface area contributed by atoms with Crippen molar-refractivity contribution < 1.29 is 9.21 Å². The third-order valence-corrected chi connectivity index (χ3v) is 3.01. The quantitative estimate of drug-likeness (QED) is 0.809. The number of rotatable bonds is 4. The number of carbonyl (C=O) groups is 1. The van der Waals surface area contributed by atoms with Crippen molar-refractivity contribution in [1.82, 2.24) is 9.78 Å². The van der Waals surface area contributed by atoms with Crippen LogP contribution in [0.4, 0.5) is 0 Å². The van der Waals surface area contributed by atoms with Crippen molar-refractivity contribution >= 4 is 5.78 Å². The molecule has 0 aliphatic heterocycles. The average molecular weight is 232 g/mol. The molecule has 0 aromatic carbocycles. The molecule has 4 nitrogen and oxygen atoms in total. The Balaban J connectivity index is 2.08. The molecule has 0 atom stereocenters. The maximum Gasteiger partial charge on any atom is 0.141 e. The summed E-state index contributed by atoms with van der Waals surface area (Å²) in [6.07, 6.45) is 4.06. The molecule has 90 valence electrons. The van der Waals surface area contributed by atoms with Gasteiger partial charge >= 0.3 is 0 Å². The Hall–Kier alpha value is -1.84. The van der Waals surface area contributed by atoms with Crippen LogP contribution in [0.5, 0.6) is 0 Å². The Morgan fingerprint density at radius 1 is 1.41 bits per heavy atom. The van der Waals surface area contributed by atoms with Gasteiger partial charge in [0.05, 0.1) is 18.2 Å². The van der Waals surface area contributed by atoms with Gasteiger partial charge in [-0.25, -0.2) is 0 Å². The third kappa shape index (κ3) is 2.46. The van der Waals surface area contributed by atoms with Crippen LogP contribution in [-0.2, 0) is 24.7 Å². The first-order valence-corrected chi connectivity index (χ1v) is 5.59. The molecule has 2 rings (SSSR count). The lowest BCUT2D eigenvalue weighted by Gasteiger charge is -2.00. The molecule has 0 saturated heterocycles. The fourth-order valence-corrected chi connectivity index (χ4v) is 1.95. The second-order valence-electron chi connectivity index (χ2n) is 4.30. The summed E-state index contributed by atoms with van der Waals surface area (Å²) < 4.78 is 6.76. The molecule has 0 unspecified atom stereocenters. The van der Waals surface area contributed by atoms with E-state index in [1.807, 2.05) is 31.6 Å². The second-order valence-corrected chi connectivity index (χ2v) is 4.30. The van der Waals surface area contributed by atoms with E-state index in [-0.39, 0.29) is 5.78 Å². The molecule has 0 aliphatic rings. The molecule has 2 heterocycles. The summed E-state index contributed by atoms with van der Waals surface area (Å²) in [4.78, 5) is 11.9. The van der Waals surface area contributed by atoms with Crippen molar-refractivity contribution in [1.29, 1.82) is 0 Å². The minimum atomic E-state index is 0.186. The number of ketones is 1. The van der Waals surface area contributed by atoms with E-state index in [9.17, 15) is 4.79 Å². The molecule has 17 heavy (non-hydrogen) atoms.